The van der Waals surface area contributed by atoms with Crippen molar-refractivity contribution in [1.82, 2.24) is 19.4 Å². The van der Waals surface area contributed by atoms with Gasteiger partial charge in [-0.05, 0) is 67.3 Å². The molecule has 0 unspecified atom stereocenters. The van der Waals surface area contributed by atoms with Crippen LogP contribution in [-0.4, -0.2) is 56.9 Å². The van der Waals surface area contributed by atoms with Gasteiger partial charge in [-0.2, -0.15) is 13.2 Å². The summed E-state index contributed by atoms with van der Waals surface area (Å²) in [5.74, 6) is -0.308. The maximum absolute atomic E-state index is 14.1. The van der Waals surface area contributed by atoms with Crippen LogP contribution in [0.5, 0.6) is 11.5 Å². The minimum absolute atomic E-state index is 0.0271. The second-order valence-electron chi connectivity index (χ2n) is 11.0. The molecule has 0 spiro atoms. The Kier molecular flexibility index (Phi) is 8.16. The largest absolute Gasteiger partial charge is 0.494 e. The number of benzene rings is 2. The van der Waals surface area contributed by atoms with E-state index in [2.05, 4.69) is 9.88 Å². The number of alkyl halides is 3. The van der Waals surface area contributed by atoms with Crippen LogP contribution in [0.1, 0.15) is 58.0 Å². The predicted molar refractivity (Wildman–Crippen MR) is 155 cm³/mol. The molecule has 9 nitrogen and oxygen atoms in total. The summed E-state index contributed by atoms with van der Waals surface area (Å²) < 4.78 is 61.1. The number of aromatic carboxylic acids is 1. The molecule has 2 aliphatic rings. The fourth-order valence-electron chi connectivity index (χ4n) is 5.76. The molecule has 2 aromatic heterocycles. The zero-order chi connectivity index (χ0) is 31.2. The molecule has 1 fully saturated rings. The summed E-state index contributed by atoms with van der Waals surface area (Å²) in [7, 11) is 1.47. The first-order chi connectivity index (χ1) is 21.0. The quantitative estimate of drug-likeness (QED) is 0.230. The van der Waals surface area contributed by atoms with Gasteiger partial charge in [-0.15, -0.1) is 0 Å². The Balaban J connectivity index is 1.33. The minimum Gasteiger partial charge on any atom is -0.494 e. The summed E-state index contributed by atoms with van der Waals surface area (Å²) in [6.45, 7) is 3.82. The van der Waals surface area contributed by atoms with E-state index < -0.39 is 17.7 Å². The molecule has 2 aliphatic heterocycles. The Morgan fingerprint density at radius 1 is 1.20 bits per heavy atom. The summed E-state index contributed by atoms with van der Waals surface area (Å²) in [4.78, 5) is 23.0. The molecule has 0 amide bonds. The summed E-state index contributed by atoms with van der Waals surface area (Å²) in [5.41, 5.74) is 2.22. The molecule has 0 saturated carbocycles. The van der Waals surface area contributed by atoms with Gasteiger partial charge in [0.25, 0.3) is 0 Å². The van der Waals surface area contributed by atoms with Gasteiger partial charge in [0.2, 0.25) is 0 Å². The first kappa shape index (κ1) is 30.2. The van der Waals surface area contributed by atoms with Gasteiger partial charge in [-0.3, -0.25) is 9.88 Å². The highest BCUT2D eigenvalue weighted by Gasteiger charge is 2.37. The normalized spacial score (nSPS) is 18.6. The third-order valence-corrected chi connectivity index (χ3v) is 8.49. The molecule has 2 aromatic carbocycles. The molecule has 1 saturated heterocycles. The Hall–Kier alpha value is -3.87. The van der Waals surface area contributed by atoms with Crippen LogP contribution in [0, 0.1) is 0 Å². The van der Waals surface area contributed by atoms with Crippen molar-refractivity contribution in [2.45, 2.75) is 57.8 Å². The number of ether oxygens (including phenoxy) is 3. The number of carbonyl (C=O) groups is 1. The van der Waals surface area contributed by atoms with Gasteiger partial charge in [0.1, 0.15) is 29.4 Å². The Morgan fingerprint density at radius 2 is 2.00 bits per heavy atom. The van der Waals surface area contributed by atoms with Gasteiger partial charge in [-0.25, -0.2) is 9.78 Å². The summed E-state index contributed by atoms with van der Waals surface area (Å²) >= 11 is 5.88. The van der Waals surface area contributed by atoms with E-state index in [4.69, 9.17) is 30.8 Å². The SMILES string of the molecule is COc1cc(C(=O)O)cc2c1nc(CN1CCc3cc(C(F)(F)F)c(OCc4ccc(Cl)cn4)cc3[C@@H]1C)n2C[C@@H]1CCO1. The molecule has 4 heterocycles. The molecule has 0 bridgehead atoms. The van der Waals surface area contributed by atoms with E-state index in [1.165, 1.54) is 31.5 Å². The topological polar surface area (TPSA) is 98.9 Å². The van der Waals surface area contributed by atoms with Crippen molar-refractivity contribution >= 4 is 28.6 Å². The fraction of sp³-hybridized carbons (Fsp3) is 0.387. The van der Waals surface area contributed by atoms with E-state index in [0.29, 0.717) is 71.5 Å². The average molecular weight is 631 g/mol. The number of pyridine rings is 1. The zero-order valence-electron chi connectivity index (χ0n) is 24.0. The molecular weight excluding hydrogens is 601 g/mol. The van der Waals surface area contributed by atoms with Crippen molar-refractivity contribution in [2.75, 3.05) is 20.3 Å². The highest BCUT2D eigenvalue weighted by molar-refractivity contribution is 6.30. The number of imidazole rings is 1. The maximum atomic E-state index is 14.1. The summed E-state index contributed by atoms with van der Waals surface area (Å²) in [6.07, 6.45) is -1.93. The number of rotatable bonds is 9. The van der Waals surface area contributed by atoms with Gasteiger partial charge < -0.3 is 23.9 Å². The van der Waals surface area contributed by atoms with Crippen LogP contribution in [0.4, 0.5) is 13.2 Å². The number of fused-ring (bicyclic) bond motifs is 2. The van der Waals surface area contributed by atoms with Crippen molar-refractivity contribution in [3.05, 3.63) is 81.4 Å². The number of carboxylic acids is 1. The minimum atomic E-state index is -4.60. The van der Waals surface area contributed by atoms with E-state index in [0.717, 1.165) is 12.0 Å². The van der Waals surface area contributed by atoms with Crippen molar-refractivity contribution in [1.29, 1.82) is 0 Å². The zero-order valence-corrected chi connectivity index (χ0v) is 24.8. The molecule has 6 rings (SSSR count). The first-order valence-electron chi connectivity index (χ1n) is 14.1. The van der Waals surface area contributed by atoms with E-state index in [9.17, 15) is 23.1 Å². The fourth-order valence-corrected chi connectivity index (χ4v) is 5.87. The second-order valence-corrected chi connectivity index (χ2v) is 11.4. The van der Waals surface area contributed by atoms with Crippen LogP contribution in [-0.2, 0) is 37.0 Å². The molecule has 0 radical (unpaired) electrons. The lowest BCUT2D eigenvalue weighted by atomic mass is 9.91. The average Bonchev–Trinajstić information content (AvgIpc) is 3.31. The molecule has 0 aliphatic carbocycles. The monoisotopic (exact) mass is 630 g/mol. The highest BCUT2D eigenvalue weighted by atomic mass is 35.5. The van der Waals surface area contributed by atoms with E-state index >= 15 is 0 Å². The maximum Gasteiger partial charge on any atom is 0.419 e. The second kappa shape index (κ2) is 11.9. The molecule has 44 heavy (non-hydrogen) atoms. The van der Waals surface area contributed by atoms with Crippen molar-refractivity contribution < 1.29 is 37.3 Å². The lowest BCUT2D eigenvalue weighted by Crippen LogP contribution is -2.36. The Morgan fingerprint density at radius 3 is 2.64 bits per heavy atom. The Bertz CT molecular complexity index is 1710. The number of hydrogen-bond acceptors (Lipinski definition) is 7. The number of hydrogen-bond donors (Lipinski definition) is 1. The number of halogens is 4. The molecule has 13 heteroatoms. The molecular formula is C31H30ClF3N4O5. The molecule has 1 N–H and O–H groups in total. The van der Waals surface area contributed by atoms with Crippen LogP contribution >= 0.6 is 11.6 Å². The molecule has 4 aromatic rings. The van der Waals surface area contributed by atoms with E-state index in [-0.39, 0.29) is 30.1 Å². The number of aromatic nitrogens is 3. The summed E-state index contributed by atoms with van der Waals surface area (Å²) in [6, 6.07) is 8.66. The predicted octanol–water partition coefficient (Wildman–Crippen LogP) is 6.30. The van der Waals surface area contributed by atoms with Crippen molar-refractivity contribution in [3.8, 4) is 11.5 Å². The van der Waals surface area contributed by atoms with Gasteiger partial charge in [0.15, 0.2) is 0 Å². The van der Waals surface area contributed by atoms with Crippen LogP contribution in [0.25, 0.3) is 11.0 Å². The van der Waals surface area contributed by atoms with Gasteiger partial charge in [0.05, 0.1) is 53.7 Å². The lowest BCUT2D eigenvalue weighted by molar-refractivity contribution is -0.139. The number of carboxylic acid groups (broad SMARTS) is 1. The van der Waals surface area contributed by atoms with Crippen molar-refractivity contribution in [2.24, 2.45) is 0 Å². The van der Waals surface area contributed by atoms with Gasteiger partial charge in [0, 0.05) is 25.4 Å². The number of nitrogens with zero attached hydrogens (tertiary/aromatic N) is 4. The van der Waals surface area contributed by atoms with Crippen molar-refractivity contribution in [3.63, 3.8) is 0 Å². The van der Waals surface area contributed by atoms with Crippen LogP contribution in [0.2, 0.25) is 5.02 Å². The Labute approximate surface area is 256 Å². The standard InChI is InChI=1S/C31H30ClF3N4O5/c1-17-23-12-26(44-16-21-4-3-20(32)13-36-21)24(31(33,34)35)9-18(23)5-7-38(17)15-28-37-29-25(39(28)14-22-6-8-43-22)10-19(30(40)41)11-27(29)42-2/h3-4,9-13,17,22H,5-8,14-16H2,1-2H3,(H,40,41)/t17-,22-/m0/s1. The third-order valence-electron chi connectivity index (χ3n) is 8.27. The third kappa shape index (κ3) is 5.93. The van der Waals surface area contributed by atoms with Crippen LogP contribution in [0.15, 0.2) is 42.6 Å². The van der Waals surface area contributed by atoms with Gasteiger partial charge in [-0.1, -0.05) is 11.6 Å². The number of methoxy groups -OCH3 is 1. The van der Waals surface area contributed by atoms with E-state index in [1.54, 1.807) is 18.2 Å². The smallest absolute Gasteiger partial charge is 0.419 e. The van der Waals surface area contributed by atoms with Gasteiger partial charge >= 0.3 is 12.1 Å². The van der Waals surface area contributed by atoms with E-state index in [1.807, 2.05) is 11.5 Å². The van der Waals surface area contributed by atoms with Crippen LogP contribution in [0.3, 0.4) is 0 Å². The molecule has 2 atom stereocenters. The van der Waals surface area contributed by atoms with Crippen LogP contribution < -0.4 is 9.47 Å². The summed E-state index contributed by atoms with van der Waals surface area (Å²) in [5, 5.41) is 10.1. The molecule has 232 valence electrons. The first-order valence-corrected chi connectivity index (χ1v) is 14.5. The highest BCUT2D eigenvalue weighted by Crippen LogP contribution is 2.42. The lowest BCUT2D eigenvalue weighted by Gasteiger charge is -2.36.